The Morgan fingerprint density at radius 1 is 0.852 bits per heavy atom. The van der Waals surface area contributed by atoms with Gasteiger partial charge in [0.1, 0.15) is 11.9 Å². The van der Waals surface area contributed by atoms with Crippen molar-refractivity contribution in [2.24, 2.45) is 0 Å². The molecular formula is C22H19FN2O2. The molecule has 136 valence electrons. The van der Waals surface area contributed by atoms with Gasteiger partial charge < -0.3 is 10.6 Å². The van der Waals surface area contributed by atoms with Gasteiger partial charge in [-0.05, 0) is 35.9 Å². The van der Waals surface area contributed by atoms with Gasteiger partial charge in [-0.2, -0.15) is 0 Å². The summed E-state index contributed by atoms with van der Waals surface area (Å²) in [5.74, 6) is -1.19. The van der Waals surface area contributed by atoms with Crippen LogP contribution >= 0.6 is 0 Å². The lowest BCUT2D eigenvalue weighted by molar-refractivity contribution is -0.118. The molecule has 0 aromatic heterocycles. The van der Waals surface area contributed by atoms with Gasteiger partial charge in [-0.25, -0.2) is 4.39 Å². The number of amides is 2. The number of hydrogen-bond acceptors (Lipinski definition) is 2. The van der Waals surface area contributed by atoms with Crippen molar-refractivity contribution >= 4 is 17.5 Å². The van der Waals surface area contributed by atoms with Crippen LogP contribution < -0.4 is 10.6 Å². The molecule has 0 fully saturated rings. The quantitative estimate of drug-likeness (QED) is 0.701. The van der Waals surface area contributed by atoms with Crippen LogP contribution in [0.2, 0.25) is 0 Å². The van der Waals surface area contributed by atoms with Crippen LogP contribution in [-0.4, -0.2) is 17.9 Å². The number of carbonyl (C=O) groups is 2. The number of hydrogen-bond donors (Lipinski definition) is 2. The van der Waals surface area contributed by atoms with Gasteiger partial charge >= 0.3 is 0 Å². The molecule has 3 aromatic carbocycles. The van der Waals surface area contributed by atoms with Gasteiger partial charge in [-0.1, -0.05) is 54.6 Å². The maximum atomic E-state index is 13.4. The van der Waals surface area contributed by atoms with Crippen molar-refractivity contribution in [3.8, 4) is 0 Å². The van der Waals surface area contributed by atoms with Crippen LogP contribution in [0.5, 0.6) is 0 Å². The van der Waals surface area contributed by atoms with Crippen molar-refractivity contribution < 1.29 is 14.0 Å². The van der Waals surface area contributed by atoms with Gasteiger partial charge in [0.05, 0.1) is 0 Å². The molecule has 2 amide bonds. The molecule has 0 saturated heterocycles. The third kappa shape index (κ3) is 5.25. The van der Waals surface area contributed by atoms with Crippen LogP contribution in [0.3, 0.4) is 0 Å². The fourth-order valence-electron chi connectivity index (χ4n) is 2.69. The maximum absolute atomic E-state index is 13.4. The molecule has 1 atom stereocenters. The fraction of sp³-hybridized carbons (Fsp3) is 0.0909. The number of carbonyl (C=O) groups excluding carboxylic acids is 2. The largest absolute Gasteiger partial charge is 0.340 e. The highest BCUT2D eigenvalue weighted by atomic mass is 19.1. The summed E-state index contributed by atoms with van der Waals surface area (Å²) in [5.41, 5.74) is 1.71. The molecule has 0 radical (unpaired) electrons. The van der Waals surface area contributed by atoms with Gasteiger partial charge in [0.25, 0.3) is 5.91 Å². The average molecular weight is 362 g/mol. The van der Waals surface area contributed by atoms with Crippen molar-refractivity contribution in [3.05, 3.63) is 102 Å². The first kappa shape index (κ1) is 18.3. The summed E-state index contributed by atoms with van der Waals surface area (Å²) < 4.78 is 13.4. The highest BCUT2D eigenvalue weighted by molar-refractivity contribution is 6.01. The first-order valence-corrected chi connectivity index (χ1v) is 8.58. The monoisotopic (exact) mass is 362 g/mol. The minimum absolute atomic E-state index is 0.320. The van der Waals surface area contributed by atoms with E-state index in [1.165, 1.54) is 18.2 Å². The number of benzene rings is 3. The molecule has 5 heteroatoms. The van der Waals surface area contributed by atoms with Gasteiger partial charge in [0.15, 0.2) is 0 Å². The first-order chi connectivity index (χ1) is 13.1. The number of rotatable bonds is 6. The van der Waals surface area contributed by atoms with Crippen LogP contribution in [0.15, 0.2) is 84.9 Å². The molecule has 0 aliphatic carbocycles. The summed E-state index contributed by atoms with van der Waals surface area (Å²) in [6.45, 7) is 0. The fourth-order valence-corrected chi connectivity index (χ4v) is 2.69. The molecule has 0 aliphatic rings. The second-order valence-electron chi connectivity index (χ2n) is 6.08. The van der Waals surface area contributed by atoms with Crippen LogP contribution in [0.1, 0.15) is 15.9 Å². The van der Waals surface area contributed by atoms with Crippen molar-refractivity contribution in [2.75, 3.05) is 5.32 Å². The summed E-state index contributed by atoms with van der Waals surface area (Å²) in [4.78, 5) is 25.3. The van der Waals surface area contributed by atoms with E-state index < -0.39 is 17.8 Å². The molecular weight excluding hydrogens is 343 g/mol. The minimum atomic E-state index is -0.802. The van der Waals surface area contributed by atoms with E-state index in [1.54, 1.807) is 30.3 Å². The van der Waals surface area contributed by atoms with E-state index in [0.717, 1.165) is 5.56 Å². The maximum Gasteiger partial charge on any atom is 0.251 e. The predicted octanol–water partition coefficient (Wildman–Crippen LogP) is 3.81. The van der Waals surface area contributed by atoms with Crippen molar-refractivity contribution in [2.45, 2.75) is 12.5 Å². The summed E-state index contributed by atoms with van der Waals surface area (Å²) in [6, 6.07) is 22.9. The Balaban J connectivity index is 1.78. The summed E-state index contributed by atoms with van der Waals surface area (Å²) >= 11 is 0. The Kier molecular flexibility index (Phi) is 5.94. The molecule has 0 heterocycles. The van der Waals surface area contributed by atoms with E-state index in [2.05, 4.69) is 10.6 Å². The Morgan fingerprint density at radius 3 is 2.19 bits per heavy atom. The number of halogens is 1. The Bertz CT molecular complexity index is 914. The minimum Gasteiger partial charge on any atom is -0.340 e. The molecule has 0 spiro atoms. The van der Waals surface area contributed by atoms with E-state index in [0.29, 0.717) is 17.7 Å². The third-order valence-electron chi connectivity index (χ3n) is 4.03. The van der Waals surface area contributed by atoms with Crippen molar-refractivity contribution in [3.63, 3.8) is 0 Å². The zero-order valence-corrected chi connectivity index (χ0v) is 14.6. The smallest absolute Gasteiger partial charge is 0.251 e. The normalized spacial score (nSPS) is 11.4. The molecule has 3 aromatic rings. The van der Waals surface area contributed by atoms with Crippen molar-refractivity contribution in [1.82, 2.24) is 5.32 Å². The van der Waals surface area contributed by atoms with Crippen LogP contribution in [-0.2, 0) is 11.2 Å². The second-order valence-corrected chi connectivity index (χ2v) is 6.08. The molecule has 3 rings (SSSR count). The van der Waals surface area contributed by atoms with E-state index in [1.807, 2.05) is 36.4 Å². The van der Waals surface area contributed by atoms with E-state index in [9.17, 15) is 14.0 Å². The summed E-state index contributed by atoms with van der Waals surface area (Å²) in [7, 11) is 0. The first-order valence-electron chi connectivity index (χ1n) is 8.58. The van der Waals surface area contributed by atoms with Crippen LogP contribution in [0, 0.1) is 5.82 Å². The van der Waals surface area contributed by atoms with Gasteiger partial charge in [-0.3, -0.25) is 9.59 Å². The standard InChI is InChI=1S/C22H19FN2O2/c23-18-12-7-13-19(15-18)24-22(27)20(14-16-8-3-1-4-9-16)25-21(26)17-10-5-2-6-11-17/h1-13,15,20H,14H2,(H,24,27)(H,25,26)/t20-/m1/s1. The lowest BCUT2D eigenvalue weighted by Crippen LogP contribution is -2.45. The zero-order valence-electron chi connectivity index (χ0n) is 14.6. The molecule has 0 aliphatic heterocycles. The Morgan fingerprint density at radius 2 is 1.52 bits per heavy atom. The van der Waals surface area contributed by atoms with E-state index in [-0.39, 0.29) is 5.91 Å². The number of anilines is 1. The van der Waals surface area contributed by atoms with Crippen LogP contribution in [0.4, 0.5) is 10.1 Å². The van der Waals surface area contributed by atoms with E-state index >= 15 is 0 Å². The highest BCUT2D eigenvalue weighted by Crippen LogP contribution is 2.12. The molecule has 0 saturated carbocycles. The lowest BCUT2D eigenvalue weighted by Gasteiger charge is -2.19. The summed E-state index contributed by atoms with van der Waals surface area (Å²) in [5, 5.41) is 5.44. The lowest BCUT2D eigenvalue weighted by atomic mass is 10.0. The highest BCUT2D eigenvalue weighted by Gasteiger charge is 2.22. The van der Waals surface area contributed by atoms with Gasteiger partial charge in [0, 0.05) is 17.7 Å². The van der Waals surface area contributed by atoms with E-state index in [4.69, 9.17) is 0 Å². The molecule has 0 unspecified atom stereocenters. The third-order valence-corrected chi connectivity index (χ3v) is 4.03. The topological polar surface area (TPSA) is 58.2 Å². The zero-order chi connectivity index (χ0) is 19.1. The molecule has 2 N–H and O–H groups in total. The Labute approximate surface area is 157 Å². The Hall–Kier alpha value is -3.47. The second kappa shape index (κ2) is 8.76. The van der Waals surface area contributed by atoms with Crippen LogP contribution in [0.25, 0.3) is 0 Å². The molecule has 27 heavy (non-hydrogen) atoms. The molecule has 4 nitrogen and oxygen atoms in total. The number of nitrogens with one attached hydrogen (secondary N) is 2. The van der Waals surface area contributed by atoms with Gasteiger partial charge in [0.2, 0.25) is 5.91 Å². The molecule has 0 bridgehead atoms. The SMILES string of the molecule is O=C(N[C@H](Cc1ccccc1)C(=O)Nc1cccc(F)c1)c1ccccc1. The van der Waals surface area contributed by atoms with Gasteiger partial charge in [-0.15, -0.1) is 0 Å². The van der Waals surface area contributed by atoms with Crippen molar-refractivity contribution in [1.29, 1.82) is 0 Å². The average Bonchev–Trinajstić information content (AvgIpc) is 2.69. The predicted molar refractivity (Wildman–Crippen MR) is 103 cm³/mol. The summed E-state index contributed by atoms with van der Waals surface area (Å²) in [6.07, 6.45) is 0.320.